The van der Waals surface area contributed by atoms with Crippen molar-refractivity contribution in [3.8, 4) is 0 Å². The van der Waals surface area contributed by atoms with Crippen molar-refractivity contribution in [3.63, 3.8) is 0 Å². The highest BCUT2D eigenvalue weighted by Crippen LogP contribution is 2.34. The van der Waals surface area contributed by atoms with E-state index in [0.717, 1.165) is 88.8 Å². The summed E-state index contributed by atoms with van der Waals surface area (Å²) >= 11 is 0. The molecule has 11 atom stereocenters. The molecule has 0 heteroatoms. The van der Waals surface area contributed by atoms with E-state index >= 15 is 0 Å². The smallest absolute Gasteiger partial charge is 0.0386 e. The molecule has 0 heterocycles. The van der Waals surface area contributed by atoms with Gasteiger partial charge in [-0.15, -0.1) is 0 Å². The first kappa shape index (κ1) is 74.1. The molecule has 0 saturated carbocycles. The van der Waals surface area contributed by atoms with Gasteiger partial charge in [0.1, 0.15) is 0 Å². The van der Waals surface area contributed by atoms with Crippen LogP contribution in [0.1, 0.15) is 376 Å². The summed E-state index contributed by atoms with van der Waals surface area (Å²) in [7, 11) is 0. The Kier molecular flexibility index (Phi) is 52.0. The first-order valence-corrected chi connectivity index (χ1v) is 34.2. The molecule has 0 fully saturated rings. The Morgan fingerprint density at radius 3 is 0.875 bits per heavy atom. The van der Waals surface area contributed by atoms with Gasteiger partial charge in [0.05, 0.1) is 0 Å². The normalized spacial score (nSPS) is 16.9. The monoisotopic (exact) mass is 1010 g/mol. The zero-order valence-electron chi connectivity index (χ0n) is 54.5. The van der Waals surface area contributed by atoms with Crippen molar-refractivity contribution in [3.05, 3.63) is 0 Å². The van der Waals surface area contributed by atoms with Crippen molar-refractivity contribution in [2.75, 3.05) is 0 Å². The van der Waals surface area contributed by atoms with E-state index in [1.165, 1.54) is 244 Å². The lowest BCUT2D eigenvalue weighted by molar-refractivity contribution is 0.228. The Morgan fingerprint density at radius 2 is 0.472 bits per heavy atom. The third kappa shape index (κ3) is 52.1. The standard InChI is InChI=1S/2C36H74/c1-11-12-23-35(10)36(28-34(9)25-24-32(7)19-14-13-17-29(2)3)27-26-33(8)22-16-21-31(6)20-15-18-30(4)5;1-10-11-12-13-25-36(26-17-24-33(7)21-15-19-31(4)5)29-35(9)28-27-34(8)23-16-22-32(6)20-14-18-30(2)3/h29-36H,11-28H2,1-10H3;30-36H,10-29H2,1-9H3. The molecular weight excluding hydrogens is 865 g/mol. The summed E-state index contributed by atoms with van der Waals surface area (Å²) in [5.74, 6) is 13.7. The highest BCUT2D eigenvalue weighted by atomic mass is 14.3. The molecule has 0 saturated heterocycles. The third-order valence-electron chi connectivity index (χ3n) is 18.3. The summed E-state index contributed by atoms with van der Waals surface area (Å²) in [6.07, 6.45) is 54.9. The van der Waals surface area contributed by atoms with Gasteiger partial charge in [-0.1, -0.05) is 356 Å². The number of rotatable bonds is 51. The van der Waals surface area contributed by atoms with Gasteiger partial charge in [-0.25, -0.2) is 0 Å². The predicted octanol–water partition coefficient (Wildman–Crippen LogP) is 26.4. The van der Waals surface area contributed by atoms with Crippen molar-refractivity contribution < 1.29 is 0 Å². The van der Waals surface area contributed by atoms with Crippen LogP contribution in [0.5, 0.6) is 0 Å². The summed E-state index contributed by atoms with van der Waals surface area (Å²) in [5, 5.41) is 0. The van der Waals surface area contributed by atoms with Crippen LogP contribution in [0, 0.1) is 88.8 Å². The van der Waals surface area contributed by atoms with Crippen LogP contribution in [0.25, 0.3) is 0 Å². The van der Waals surface area contributed by atoms with E-state index in [1.807, 2.05) is 0 Å². The SMILES string of the molecule is CCCCC(C)C(CCC(C)CCCC(C)CCCC(C)C)CC(C)CCC(C)CCCCC(C)C.CCCCCCC(CCCC(C)CCCC(C)C)CC(C)CCC(C)CCCC(C)CCCC(C)C. The molecular formula is C72H148. The molecule has 72 heavy (non-hydrogen) atoms. The van der Waals surface area contributed by atoms with Crippen LogP contribution in [0.15, 0.2) is 0 Å². The van der Waals surface area contributed by atoms with Gasteiger partial charge in [0.25, 0.3) is 0 Å². The highest BCUT2D eigenvalue weighted by molar-refractivity contribution is 4.74. The summed E-state index contributed by atoms with van der Waals surface area (Å²) in [6.45, 7) is 46.4. The van der Waals surface area contributed by atoms with E-state index in [-0.39, 0.29) is 0 Å². The van der Waals surface area contributed by atoms with Gasteiger partial charge in [0.2, 0.25) is 0 Å². The van der Waals surface area contributed by atoms with Gasteiger partial charge >= 0.3 is 0 Å². The predicted molar refractivity (Wildman–Crippen MR) is 336 cm³/mol. The van der Waals surface area contributed by atoms with Crippen LogP contribution in [0.2, 0.25) is 0 Å². The fraction of sp³-hybridized carbons (Fsp3) is 1.00. The van der Waals surface area contributed by atoms with Gasteiger partial charge in [-0.3, -0.25) is 0 Å². The van der Waals surface area contributed by atoms with Gasteiger partial charge < -0.3 is 0 Å². The Labute approximate surface area is 462 Å². The summed E-state index contributed by atoms with van der Waals surface area (Å²) in [6, 6.07) is 0. The van der Waals surface area contributed by atoms with Crippen LogP contribution in [0.4, 0.5) is 0 Å². The quantitative estimate of drug-likeness (QED) is 0.0533. The minimum Gasteiger partial charge on any atom is -0.0654 e. The van der Waals surface area contributed by atoms with E-state index in [2.05, 4.69) is 132 Å². The van der Waals surface area contributed by atoms with Gasteiger partial charge in [0.15, 0.2) is 0 Å². The average Bonchev–Trinajstić information content (AvgIpc) is 3.30. The molecule has 0 radical (unpaired) electrons. The topological polar surface area (TPSA) is 0 Å². The van der Waals surface area contributed by atoms with E-state index in [9.17, 15) is 0 Å². The molecule has 436 valence electrons. The largest absolute Gasteiger partial charge is 0.0654 e. The maximum Gasteiger partial charge on any atom is -0.0386 e. The first-order chi connectivity index (χ1) is 34.2. The minimum absolute atomic E-state index is 0.871. The van der Waals surface area contributed by atoms with Gasteiger partial charge in [-0.05, 0) is 108 Å². The zero-order valence-corrected chi connectivity index (χ0v) is 54.5. The number of unbranched alkanes of at least 4 members (excludes halogenated alkanes) is 5. The highest BCUT2D eigenvalue weighted by Gasteiger charge is 2.22. The molecule has 0 aliphatic carbocycles. The zero-order chi connectivity index (χ0) is 54.5. The third-order valence-corrected chi connectivity index (χ3v) is 18.3. The van der Waals surface area contributed by atoms with Gasteiger partial charge in [-0.2, -0.15) is 0 Å². The Bertz CT molecular complexity index is 1050. The second-order valence-electron chi connectivity index (χ2n) is 29.1. The number of hydrogen-bond donors (Lipinski definition) is 0. The maximum atomic E-state index is 2.58. The average molecular weight is 1010 g/mol. The van der Waals surface area contributed by atoms with Crippen molar-refractivity contribution >= 4 is 0 Å². The van der Waals surface area contributed by atoms with Crippen molar-refractivity contribution in [1.82, 2.24) is 0 Å². The molecule has 0 spiro atoms. The fourth-order valence-electron chi connectivity index (χ4n) is 12.5. The van der Waals surface area contributed by atoms with Crippen LogP contribution >= 0.6 is 0 Å². The summed E-state index contributed by atoms with van der Waals surface area (Å²) in [5.41, 5.74) is 0. The molecule has 0 nitrogen and oxygen atoms in total. The van der Waals surface area contributed by atoms with Crippen LogP contribution < -0.4 is 0 Å². The minimum atomic E-state index is 0.871. The summed E-state index contributed by atoms with van der Waals surface area (Å²) < 4.78 is 0. The molecule has 0 N–H and O–H groups in total. The van der Waals surface area contributed by atoms with E-state index in [1.54, 1.807) is 0 Å². The first-order valence-electron chi connectivity index (χ1n) is 34.2. The van der Waals surface area contributed by atoms with Crippen molar-refractivity contribution in [1.29, 1.82) is 0 Å². The second kappa shape index (κ2) is 50.5. The Morgan fingerprint density at radius 1 is 0.194 bits per heavy atom. The summed E-state index contributed by atoms with van der Waals surface area (Å²) in [4.78, 5) is 0. The van der Waals surface area contributed by atoms with Crippen LogP contribution in [-0.2, 0) is 0 Å². The van der Waals surface area contributed by atoms with Crippen LogP contribution in [0.3, 0.4) is 0 Å². The molecule has 0 amide bonds. The lowest BCUT2D eigenvalue weighted by Gasteiger charge is -2.28. The lowest BCUT2D eigenvalue weighted by Crippen LogP contribution is -2.17. The van der Waals surface area contributed by atoms with E-state index in [0.29, 0.717) is 0 Å². The molecule has 0 aliphatic rings. The van der Waals surface area contributed by atoms with Gasteiger partial charge in [0, 0.05) is 0 Å². The molecule has 11 unspecified atom stereocenters. The Hall–Kier alpha value is 0. The molecule has 0 aliphatic heterocycles. The van der Waals surface area contributed by atoms with Crippen LogP contribution in [-0.4, -0.2) is 0 Å². The maximum absolute atomic E-state index is 2.58. The molecule has 0 bridgehead atoms. The van der Waals surface area contributed by atoms with E-state index < -0.39 is 0 Å². The van der Waals surface area contributed by atoms with Crippen molar-refractivity contribution in [2.45, 2.75) is 376 Å². The Balaban J connectivity index is 0. The lowest BCUT2D eigenvalue weighted by atomic mass is 9.77. The van der Waals surface area contributed by atoms with Crippen molar-refractivity contribution in [2.24, 2.45) is 88.8 Å². The fourth-order valence-corrected chi connectivity index (χ4v) is 12.5. The molecule has 0 aromatic carbocycles. The molecule has 0 aromatic rings. The number of hydrogen-bond acceptors (Lipinski definition) is 0. The molecule has 0 rings (SSSR count). The second-order valence-corrected chi connectivity index (χ2v) is 29.1. The molecule has 0 aromatic heterocycles. The van der Waals surface area contributed by atoms with E-state index in [4.69, 9.17) is 0 Å².